The van der Waals surface area contributed by atoms with Gasteiger partial charge in [-0.1, -0.05) is 6.92 Å². The van der Waals surface area contributed by atoms with Crippen LogP contribution in [-0.4, -0.2) is 30.0 Å². The Kier molecular flexibility index (Phi) is 4.36. The summed E-state index contributed by atoms with van der Waals surface area (Å²) in [6.07, 6.45) is 0. The lowest BCUT2D eigenvalue weighted by molar-refractivity contribution is 0.0806. The molecule has 0 saturated carbocycles. The number of anilines is 1. The molecule has 0 heterocycles. The molecular formula is C11H14F3NO2. The highest BCUT2D eigenvalue weighted by Crippen LogP contribution is 2.21. The van der Waals surface area contributed by atoms with Crippen LogP contribution in [0.4, 0.5) is 18.9 Å². The zero-order chi connectivity index (χ0) is 13.1. The zero-order valence-electron chi connectivity index (χ0n) is 9.30. The van der Waals surface area contributed by atoms with Gasteiger partial charge in [-0.25, -0.2) is 13.2 Å². The van der Waals surface area contributed by atoms with E-state index in [4.69, 9.17) is 10.2 Å². The smallest absolute Gasteiger partial charge is 0.161 e. The van der Waals surface area contributed by atoms with Gasteiger partial charge in [-0.15, -0.1) is 0 Å². The molecule has 1 aromatic carbocycles. The largest absolute Gasteiger partial charge is 0.396 e. The Hall–Kier alpha value is -1.27. The maximum absolute atomic E-state index is 13.2. The molecule has 0 aliphatic carbocycles. The van der Waals surface area contributed by atoms with Crippen molar-refractivity contribution in [3.8, 4) is 0 Å². The van der Waals surface area contributed by atoms with Gasteiger partial charge in [0.1, 0.15) is 5.82 Å². The number of hydrogen-bond acceptors (Lipinski definition) is 3. The molecule has 0 atom stereocenters. The molecule has 0 aliphatic heterocycles. The summed E-state index contributed by atoms with van der Waals surface area (Å²) in [5.41, 5.74) is -1.07. The average Bonchev–Trinajstić information content (AvgIpc) is 2.32. The van der Waals surface area contributed by atoms with Crippen molar-refractivity contribution in [3.05, 3.63) is 29.6 Å². The van der Waals surface area contributed by atoms with Crippen LogP contribution in [0.1, 0.15) is 6.92 Å². The van der Waals surface area contributed by atoms with Crippen molar-refractivity contribution < 1.29 is 23.4 Å². The van der Waals surface area contributed by atoms with Crippen LogP contribution < -0.4 is 5.32 Å². The van der Waals surface area contributed by atoms with Crippen LogP contribution in [0.3, 0.4) is 0 Å². The Morgan fingerprint density at radius 1 is 1.06 bits per heavy atom. The Balaban J connectivity index is 2.79. The highest BCUT2D eigenvalue weighted by atomic mass is 19.2. The molecule has 0 saturated heterocycles. The van der Waals surface area contributed by atoms with Gasteiger partial charge in [0.2, 0.25) is 0 Å². The first-order valence-electron chi connectivity index (χ1n) is 5.02. The molecule has 1 rings (SSSR count). The molecule has 0 spiro atoms. The first kappa shape index (κ1) is 13.8. The number of benzene rings is 1. The van der Waals surface area contributed by atoms with E-state index in [1.807, 2.05) is 0 Å². The molecule has 17 heavy (non-hydrogen) atoms. The second-order valence-corrected chi connectivity index (χ2v) is 4.23. The third kappa shape index (κ3) is 3.34. The van der Waals surface area contributed by atoms with Crippen molar-refractivity contribution in [1.82, 2.24) is 0 Å². The summed E-state index contributed by atoms with van der Waals surface area (Å²) in [4.78, 5) is 0. The van der Waals surface area contributed by atoms with Crippen molar-refractivity contribution in [3.63, 3.8) is 0 Å². The standard InChI is InChI=1S/C11H14F3NO2/c1-11(5-16,6-17)4-15-10-3-8(13)7(12)2-9(10)14/h2-3,15-17H,4-6H2,1H3. The van der Waals surface area contributed by atoms with E-state index >= 15 is 0 Å². The third-order valence-corrected chi connectivity index (χ3v) is 2.48. The van der Waals surface area contributed by atoms with E-state index in [1.165, 1.54) is 0 Å². The van der Waals surface area contributed by atoms with E-state index < -0.39 is 22.9 Å². The van der Waals surface area contributed by atoms with Crippen LogP contribution in [0.25, 0.3) is 0 Å². The minimum Gasteiger partial charge on any atom is -0.396 e. The Labute approximate surface area is 96.9 Å². The lowest BCUT2D eigenvalue weighted by Gasteiger charge is -2.25. The van der Waals surface area contributed by atoms with E-state index in [0.717, 1.165) is 0 Å². The van der Waals surface area contributed by atoms with E-state index in [2.05, 4.69) is 5.32 Å². The summed E-state index contributed by atoms with van der Waals surface area (Å²) in [7, 11) is 0. The number of hydrogen-bond donors (Lipinski definition) is 3. The summed E-state index contributed by atoms with van der Waals surface area (Å²) < 4.78 is 38.7. The number of aliphatic hydroxyl groups is 2. The van der Waals surface area contributed by atoms with E-state index in [0.29, 0.717) is 12.1 Å². The van der Waals surface area contributed by atoms with Gasteiger partial charge in [-0.2, -0.15) is 0 Å². The van der Waals surface area contributed by atoms with Gasteiger partial charge in [-0.05, 0) is 0 Å². The van der Waals surface area contributed by atoms with Crippen LogP contribution >= 0.6 is 0 Å². The summed E-state index contributed by atoms with van der Waals surface area (Å²) in [6, 6.07) is 1.13. The Morgan fingerprint density at radius 2 is 1.59 bits per heavy atom. The van der Waals surface area contributed by atoms with Gasteiger partial charge < -0.3 is 15.5 Å². The normalized spacial score (nSPS) is 11.6. The minimum absolute atomic E-state index is 0.0298. The van der Waals surface area contributed by atoms with Crippen molar-refractivity contribution >= 4 is 5.69 Å². The second kappa shape index (κ2) is 5.37. The van der Waals surface area contributed by atoms with E-state index in [1.54, 1.807) is 6.92 Å². The van der Waals surface area contributed by atoms with Crippen molar-refractivity contribution in [1.29, 1.82) is 0 Å². The number of rotatable bonds is 5. The van der Waals surface area contributed by atoms with Crippen molar-refractivity contribution in [2.24, 2.45) is 5.41 Å². The fourth-order valence-corrected chi connectivity index (χ4v) is 1.13. The highest BCUT2D eigenvalue weighted by Gasteiger charge is 2.22. The van der Waals surface area contributed by atoms with Gasteiger partial charge in [0.15, 0.2) is 11.6 Å². The second-order valence-electron chi connectivity index (χ2n) is 4.23. The van der Waals surface area contributed by atoms with Crippen molar-refractivity contribution in [2.45, 2.75) is 6.92 Å². The molecule has 0 radical (unpaired) electrons. The molecule has 0 amide bonds. The van der Waals surface area contributed by atoms with Crippen LogP contribution in [0.15, 0.2) is 12.1 Å². The molecule has 6 heteroatoms. The fourth-order valence-electron chi connectivity index (χ4n) is 1.13. The van der Waals surface area contributed by atoms with Gasteiger partial charge >= 0.3 is 0 Å². The maximum atomic E-state index is 13.2. The first-order valence-corrected chi connectivity index (χ1v) is 5.02. The van der Waals surface area contributed by atoms with E-state index in [9.17, 15) is 13.2 Å². The molecule has 0 aliphatic rings. The third-order valence-electron chi connectivity index (χ3n) is 2.48. The molecule has 0 aromatic heterocycles. The molecule has 3 nitrogen and oxygen atoms in total. The molecule has 96 valence electrons. The van der Waals surface area contributed by atoms with Crippen molar-refractivity contribution in [2.75, 3.05) is 25.1 Å². The van der Waals surface area contributed by atoms with Crippen LogP contribution in [0.2, 0.25) is 0 Å². The van der Waals surface area contributed by atoms with Crippen LogP contribution in [0, 0.1) is 22.9 Å². The Morgan fingerprint density at radius 3 is 2.12 bits per heavy atom. The fraction of sp³-hybridized carbons (Fsp3) is 0.455. The molecule has 0 fully saturated rings. The Bertz CT molecular complexity index is 395. The summed E-state index contributed by atoms with van der Waals surface area (Å²) >= 11 is 0. The first-order chi connectivity index (χ1) is 7.91. The molecule has 3 N–H and O–H groups in total. The molecule has 1 aromatic rings. The predicted octanol–water partition coefficient (Wildman–Crippen LogP) is 1.51. The SMILES string of the molecule is CC(CO)(CO)CNc1cc(F)c(F)cc1F. The highest BCUT2D eigenvalue weighted by molar-refractivity contribution is 5.45. The van der Waals surface area contributed by atoms with Crippen LogP contribution in [-0.2, 0) is 0 Å². The molecule has 0 unspecified atom stereocenters. The average molecular weight is 249 g/mol. The van der Waals surface area contributed by atoms with Gasteiger partial charge in [0.05, 0.1) is 18.9 Å². The van der Waals surface area contributed by atoms with Gasteiger partial charge in [0.25, 0.3) is 0 Å². The summed E-state index contributed by atoms with van der Waals surface area (Å²) in [5, 5.41) is 20.5. The number of nitrogens with one attached hydrogen (secondary N) is 1. The van der Waals surface area contributed by atoms with Gasteiger partial charge in [-0.3, -0.25) is 0 Å². The van der Waals surface area contributed by atoms with Gasteiger partial charge in [0, 0.05) is 24.1 Å². The molecular weight excluding hydrogens is 235 g/mol. The minimum atomic E-state index is -1.26. The zero-order valence-corrected chi connectivity index (χ0v) is 9.30. The quantitative estimate of drug-likeness (QED) is 0.693. The monoisotopic (exact) mass is 249 g/mol. The number of halogens is 3. The maximum Gasteiger partial charge on any atom is 0.161 e. The van der Waals surface area contributed by atoms with E-state index in [-0.39, 0.29) is 25.4 Å². The summed E-state index contributed by atoms with van der Waals surface area (Å²) in [6.45, 7) is 0.962. The lowest BCUT2D eigenvalue weighted by Crippen LogP contribution is -2.34. The molecule has 0 bridgehead atoms. The predicted molar refractivity (Wildman–Crippen MR) is 57.1 cm³/mol. The van der Waals surface area contributed by atoms with Crippen LogP contribution in [0.5, 0.6) is 0 Å². The topological polar surface area (TPSA) is 52.5 Å². The number of aliphatic hydroxyl groups excluding tert-OH is 2. The summed E-state index contributed by atoms with van der Waals surface area (Å²) in [5.74, 6) is -3.36. The lowest BCUT2D eigenvalue weighted by atomic mass is 9.93.